The number of unbranched alkanes of at least 4 members (excludes halogenated alkanes) is 1. The normalized spacial score (nSPS) is 19.6. The molecule has 4 nitrogen and oxygen atoms in total. The number of rotatable bonds is 6. The summed E-state index contributed by atoms with van der Waals surface area (Å²) in [6, 6.07) is 9.11. The molecule has 21 heavy (non-hydrogen) atoms. The number of nitrogens with two attached hydrogens (primary N) is 1. The minimum atomic E-state index is 0.719. The van der Waals surface area contributed by atoms with Gasteiger partial charge in [-0.05, 0) is 50.9 Å². The summed E-state index contributed by atoms with van der Waals surface area (Å²) in [5.74, 6) is 1.18. The van der Waals surface area contributed by atoms with Crippen molar-refractivity contribution in [2.24, 2.45) is 12.8 Å². The molecular weight excluding hydrogens is 260 g/mol. The predicted octanol–water partition coefficient (Wildman–Crippen LogP) is 2.67. The Morgan fingerprint density at radius 1 is 1.29 bits per heavy atom. The second-order valence-electron chi connectivity index (χ2n) is 6.13. The molecule has 1 aliphatic heterocycles. The molecule has 0 aliphatic carbocycles. The first-order chi connectivity index (χ1) is 10.3. The topological polar surface area (TPSA) is 47.1 Å². The third-order valence-electron chi connectivity index (χ3n) is 4.71. The predicted molar refractivity (Wildman–Crippen MR) is 87.1 cm³/mol. The van der Waals surface area contributed by atoms with Gasteiger partial charge in [-0.2, -0.15) is 0 Å². The van der Waals surface area contributed by atoms with Gasteiger partial charge in [0.1, 0.15) is 5.82 Å². The zero-order chi connectivity index (χ0) is 14.7. The van der Waals surface area contributed by atoms with Gasteiger partial charge in [0.25, 0.3) is 0 Å². The lowest BCUT2D eigenvalue weighted by Gasteiger charge is -2.24. The maximum atomic E-state index is 5.61. The summed E-state index contributed by atoms with van der Waals surface area (Å²) < 4.78 is 2.24. The van der Waals surface area contributed by atoms with Crippen LogP contribution in [0.15, 0.2) is 24.3 Å². The lowest BCUT2D eigenvalue weighted by molar-refractivity contribution is 0.224. The van der Waals surface area contributed by atoms with Gasteiger partial charge in [-0.1, -0.05) is 18.6 Å². The van der Waals surface area contributed by atoms with E-state index >= 15 is 0 Å². The van der Waals surface area contributed by atoms with Crippen LogP contribution in [0.4, 0.5) is 0 Å². The number of para-hydroxylation sites is 2. The Morgan fingerprint density at radius 2 is 2.14 bits per heavy atom. The molecule has 1 fully saturated rings. The van der Waals surface area contributed by atoms with Crippen molar-refractivity contribution >= 4 is 11.0 Å². The van der Waals surface area contributed by atoms with Crippen molar-refractivity contribution in [2.75, 3.05) is 13.1 Å². The zero-order valence-electron chi connectivity index (χ0n) is 13.0. The summed E-state index contributed by atoms with van der Waals surface area (Å²) in [5, 5.41) is 0. The molecule has 0 saturated carbocycles. The Kier molecular flexibility index (Phi) is 4.56. The summed E-state index contributed by atoms with van der Waals surface area (Å²) in [6.45, 7) is 2.99. The van der Waals surface area contributed by atoms with Crippen LogP contribution in [0.3, 0.4) is 0 Å². The number of hydrogen-bond acceptors (Lipinski definition) is 3. The van der Waals surface area contributed by atoms with E-state index in [4.69, 9.17) is 10.7 Å². The third-order valence-corrected chi connectivity index (χ3v) is 4.71. The Morgan fingerprint density at radius 3 is 2.95 bits per heavy atom. The molecule has 3 rings (SSSR count). The first-order valence-corrected chi connectivity index (χ1v) is 8.14. The van der Waals surface area contributed by atoms with Crippen LogP contribution in [0.5, 0.6) is 0 Å². The number of nitrogens with zero attached hydrogens (tertiary/aromatic N) is 3. The molecule has 0 amide bonds. The van der Waals surface area contributed by atoms with Crippen molar-refractivity contribution in [3.63, 3.8) is 0 Å². The molecule has 1 aliphatic rings. The number of likely N-dealkylation sites (tertiary alicyclic amines) is 1. The fourth-order valence-electron chi connectivity index (χ4n) is 3.47. The maximum Gasteiger partial charge on any atom is 0.123 e. The van der Waals surface area contributed by atoms with Gasteiger partial charge in [-0.25, -0.2) is 4.98 Å². The molecule has 0 bridgehead atoms. The highest BCUT2D eigenvalue weighted by Crippen LogP contribution is 2.25. The molecule has 1 aromatic heterocycles. The van der Waals surface area contributed by atoms with Gasteiger partial charge in [0, 0.05) is 13.1 Å². The minimum absolute atomic E-state index is 0.719. The highest BCUT2D eigenvalue weighted by Gasteiger charge is 2.25. The van der Waals surface area contributed by atoms with Crippen LogP contribution in [0.25, 0.3) is 11.0 Å². The van der Waals surface area contributed by atoms with E-state index in [-0.39, 0.29) is 0 Å². The largest absolute Gasteiger partial charge is 0.330 e. The van der Waals surface area contributed by atoms with Crippen molar-refractivity contribution in [2.45, 2.75) is 44.7 Å². The summed E-state index contributed by atoms with van der Waals surface area (Å²) in [5.41, 5.74) is 7.94. The van der Waals surface area contributed by atoms with Gasteiger partial charge in [0.05, 0.1) is 17.6 Å². The van der Waals surface area contributed by atoms with E-state index < -0.39 is 0 Å². The van der Waals surface area contributed by atoms with Gasteiger partial charge in [-0.15, -0.1) is 0 Å². The summed E-state index contributed by atoms with van der Waals surface area (Å²) >= 11 is 0. The molecule has 4 heteroatoms. The van der Waals surface area contributed by atoms with Crippen LogP contribution in [0.1, 0.15) is 37.9 Å². The fourth-order valence-corrected chi connectivity index (χ4v) is 3.47. The summed E-state index contributed by atoms with van der Waals surface area (Å²) in [4.78, 5) is 7.42. The molecular formula is C17H26N4. The Balaban J connectivity index is 1.70. The molecule has 0 spiro atoms. The van der Waals surface area contributed by atoms with Gasteiger partial charge in [0.15, 0.2) is 0 Å². The second-order valence-corrected chi connectivity index (χ2v) is 6.13. The SMILES string of the molecule is Cn1c(CN2CCC[C@H]2CCCCN)nc2ccccc21. The van der Waals surface area contributed by atoms with Crippen LogP contribution in [-0.2, 0) is 13.6 Å². The number of benzene rings is 1. The number of imidazole rings is 1. The van der Waals surface area contributed by atoms with Crippen molar-refractivity contribution < 1.29 is 0 Å². The van der Waals surface area contributed by atoms with Crippen LogP contribution in [0, 0.1) is 0 Å². The molecule has 2 heterocycles. The molecule has 114 valence electrons. The first kappa shape index (κ1) is 14.5. The van der Waals surface area contributed by atoms with Crippen LogP contribution in [-0.4, -0.2) is 33.6 Å². The average molecular weight is 286 g/mol. The third kappa shape index (κ3) is 3.11. The van der Waals surface area contributed by atoms with E-state index in [2.05, 4.69) is 40.8 Å². The minimum Gasteiger partial charge on any atom is -0.330 e. The lowest BCUT2D eigenvalue weighted by Crippen LogP contribution is -2.30. The van der Waals surface area contributed by atoms with E-state index in [9.17, 15) is 0 Å². The lowest BCUT2D eigenvalue weighted by atomic mass is 10.1. The van der Waals surface area contributed by atoms with E-state index in [1.807, 2.05) is 0 Å². The van der Waals surface area contributed by atoms with Gasteiger partial charge in [-0.3, -0.25) is 4.90 Å². The Bertz CT molecular complexity index is 589. The van der Waals surface area contributed by atoms with Crippen molar-refractivity contribution in [3.8, 4) is 0 Å². The van der Waals surface area contributed by atoms with Crippen LogP contribution < -0.4 is 5.73 Å². The van der Waals surface area contributed by atoms with Gasteiger partial charge < -0.3 is 10.3 Å². The van der Waals surface area contributed by atoms with Crippen LogP contribution >= 0.6 is 0 Å². The smallest absolute Gasteiger partial charge is 0.123 e. The second kappa shape index (κ2) is 6.58. The Labute approximate surface area is 126 Å². The average Bonchev–Trinajstić information content (AvgIpc) is 3.06. The van der Waals surface area contributed by atoms with Crippen LogP contribution in [0.2, 0.25) is 0 Å². The first-order valence-electron chi connectivity index (χ1n) is 8.14. The molecule has 2 aromatic rings. The standard InChI is InChI=1S/C17H26N4/c1-20-16-10-3-2-9-15(16)19-17(20)13-21-12-6-8-14(21)7-4-5-11-18/h2-3,9-10,14H,4-8,11-13,18H2,1H3/t14-/m1/s1. The van der Waals surface area contributed by atoms with E-state index in [0.717, 1.165) is 31.1 Å². The fraction of sp³-hybridized carbons (Fsp3) is 0.588. The van der Waals surface area contributed by atoms with E-state index in [1.165, 1.54) is 43.6 Å². The monoisotopic (exact) mass is 286 g/mol. The van der Waals surface area contributed by atoms with Gasteiger partial charge in [0.2, 0.25) is 0 Å². The van der Waals surface area contributed by atoms with Crippen molar-refractivity contribution in [1.29, 1.82) is 0 Å². The molecule has 1 aromatic carbocycles. The van der Waals surface area contributed by atoms with Gasteiger partial charge >= 0.3 is 0 Å². The van der Waals surface area contributed by atoms with E-state index in [0.29, 0.717) is 0 Å². The molecule has 2 N–H and O–H groups in total. The maximum absolute atomic E-state index is 5.61. The molecule has 1 atom stereocenters. The summed E-state index contributed by atoms with van der Waals surface area (Å²) in [6.07, 6.45) is 6.32. The quantitative estimate of drug-likeness (QED) is 0.831. The zero-order valence-corrected chi connectivity index (χ0v) is 13.0. The highest BCUT2D eigenvalue weighted by molar-refractivity contribution is 5.75. The number of aryl methyl sites for hydroxylation is 1. The number of aromatic nitrogens is 2. The summed E-state index contributed by atoms with van der Waals surface area (Å²) in [7, 11) is 2.13. The van der Waals surface area contributed by atoms with Crippen molar-refractivity contribution in [1.82, 2.24) is 14.5 Å². The number of fused-ring (bicyclic) bond motifs is 1. The van der Waals surface area contributed by atoms with Crippen molar-refractivity contribution in [3.05, 3.63) is 30.1 Å². The number of hydrogen-bond donors (Lipinski definition) is 1. The Hall–Kier alpha value is -1.39. The highest BCUT2D eigenvalue weighted by atomic mass is 15.2. The van der Waals surface area contributed by atoms with E-state index in [1.54, 1.807) is 0 Å². The molecule has 0 radical (unpaired) electrons. The molecule has 1 saturated heterocycles. The molecule has 0 unspecified atom stereocenters.